The third-order valence-electron chi connectivity index (χ3n) is 2.01. The van der Waals surface area contributed by atoms with Crippen molar-refractivity contribution in [2.45, 2.75) is 26.0 Å². The molecule has 90 valence electrons. The minimum absolute atomic E-state index is 0.0519. The van der Waals surface area contributed by atoms with Crippen LogP contribution in [0.5, 0.6) is 0 Å². The minimum Gasteiger partial charge on any atom is -0.476 e. The maximum absolute atomic E-state index is 10.5. The molecule has 7 heteroatoms. The number of hydrogen-bond acceptors (Lipinski definition) is 5. The molecule has 0 amide bonds. The van der Waals surface area contributed by atoms with Crippen molar-refractivity contribution in [1.82, 2.24) is 20.3 Å². The van der Waals surface area contributed by atoms with Crippen LogP contribution in [0, 0.1) is 0 Å². The summed E-state index contributed by atoms with van der Waals surface area (Å²) in [4.78, 5) is 10.5. The van der Waals surface area contributed by atoms with E-state index >= 15 is 0 Å². The number of nitrogens with zero attached hydrogens (tertiary/aromatic N) is 3. The van der Waals surface area contributed by atoms with Crippen LogP contribution in [0.4, 0.5) is 0 Å². The van der Waals surface area contributed by atoms with Crippen molar-refractivity contribution >= 4 is 5.97 Å². The Morgan fingerprint density at radius 3 is 2.94 bits per heavy atom. The van der Waals surface area contributed by atoms with Gasteiger partial charge in [0.1, 0.15) is 0 Å². The van der Waals surface area contributed by atoms with E-state index in [2.05, 4.69) is 15.6 Å². The molecule has 0 saturated carbocycles. The monoisotopic (exact) mass is 228 g/mol. The number of carboxylic acids is 1. The summed E-state index contributed by atoms with van der Waals surface area (Å²) in [5.74, 6) is -1.08. The van der Waals surface area contributed by atoms with E-state index in [4.69, 9.17) is 10.2 Å². The molecule has 0 radical (unpaired) electrons. The molecule has 0 bridgehead atoms. The van der Waals surface area contributed by atoms with Crippen LogP contribution in [-0.2, 0) is 6.54 Å². The molecule has 0 saturated heterocycles. The van der Waals surface area contributed by atoms with Gasteiger partial charge in [-0.3, -0.25) is 4.68 Å². The van der Waals surface area contributed by atoms with Crippen molar-refractivity contribution in [1.29, 1.82) is 0 Å². The Morgan fingerprint density at radius 1 is 1.62 bits per heavy atom. The number of aromatic carboxylic acids is 1. The second kappa shape index (κ2) is 6.19. The van der Waals surface area contributed by atoms with E-state index < -0.39 is 5.97 Å². The average molecular weight is 228 g/mol. The fraction of sp³-hybridized carbons (Fsp3) is 0.667. The largest absolute Gasteiger partial charge is 0.476 e. The third-order valence-corrected chi connectivity index (χ3v) is 2.01. The van der Waals surface area contributed by atoms with Gasteiger partial charge in [0.05, 0.1) is 18.8 Å². The van der Waals surface area contributed by atoms with Gasteiger partial charge in [-0.05, 0) is 19.9 Å². The summed E-state index contributed by atoms with van der Waals surface area (Å²) in [6.45, 7) is 3.67. The summed E-state index contributed by atoms with van der Waals surface area (Å²) >= 11 is 0. The quantitative estimate of drug-likeness (QED) is 0.535. The minimum atomic E-state index is -1.08. The van der Waals surface area contributed by atoms with E-state index in [1.165, 1.54) is 10.9 Å². The van der Waals surface area contributed by atoms with Crippen LogP contribution in [0.3, 0.4) is 0 Å². The number of aliphatic hydroxyl groups is 1. The Kier molecular flexibility index (Phi) is 4.87. The molecule has 0 aromatic carbocycles. The van der Waals surface area contributed by atoms with Crippen molar-refractivity contribution in [2.24, 2.45) is 0 Å². The van der Waals surface area contributed by atoms with Crippen LogP contribution in [0.2, 0.25) is 0 Å². The second-order valence-electron chi connectivity index (χ2n) is 3.56. The highest BCUT2D eigenvalue weighted by molar-refractivity contribution is 5.84. The molecule has 1 rings (SSSR count). The van der Waals surface area contributed by atoms with Gasteiger partial charge in [0, 0.05) is 6.54 Å². The van der Waals surface area contributed by atoms with E-state index in [-0.39, 0.29) is 11.8 Å². The first-order valence-electron chi connectivity index (χ1n) is 5.12. The standard InChI is InChI=1S/C9H16N4O3/c1-7(14)2-3-10-4-5-13-6-8(9(15)16)11-12-13/h6-7,10,14H,2-5H2,1H3,(H,15,16). The summed E-state index contributed by atoms with van der Waals surface area (Å²) in [5, 5.41) is 27.9. The van der Waals surface area contributed by atoms with Gasteiger partial charge in [-0.15, -0.1) is 5.10 Å². The van der Waals surface area contributed by atoms with Gasteiger partial charge in [-0.25, -0.2) is 4.79 Å². The summed E-state index contributed by atoms with van der Waals surface area (Å²) < 4.78 is 1.47. The van der Waals surface area contributed by atoms with E-state index in [1.807, 2.05) is 0 Å². The molecule has 0 aliphatic rings. The van der Waals surface area contributed by atoms with Crippen LogP contribution < -0.4 is 5.32 Å². The Bertz CT molecular complexity index is 337. The molecule has 3 N–H and O–H groups in total. The smallest absolute Gasteiger partial charge is 0.358 e. The summed E-state index contributed by atoms with van der Waals surface area (Å²) in [6.07, 6.45) is 1.77. The van der Waals surface area contributed by atoms with Crippen LogP contribution in [0.25, 0.3) is 0 Å². The fourth-order valence-electron chi connectivity index (χ4n) is 1.14. The van der Waals surface area contributed by atoms with Gasteiger partial charge in [0.25, 0.3) is 0 Å². The molecule has 1 unspecified atom stereocenters. The molecule has 1 aromatic rings. The van der Waals surface area contributed by atoms with Gasteiger partial charge in [-0.2, -0.15) is 0 Å². The van der Waals surface area contributed by atoms with E-state index in [0.29, 0.717) is 19.5 Å². The summed E-state index contributed by atoms with van der Waals surface area (Å²) in [7, 11) is 0. The zero-order chi connectivity index (χ0) is 12.0. The highest BCUT2D eigenvalue weighted by atomic mass is 16.4. The predicted octanol–water partition coefficient (Wildman–Crippen LogP) is -0.663. The van der Waals surface area contributed by atoms with E-state index in [9.17, 15) is 4.79 Å². The number of hydrogen-bond donors (Lipinski definition) is 3. The number of aliphatic hydroxyl groups excluding tert-OH is 1. The van der Waals surface area contributed by atoms with Crippen LogP contribution in [-0.4, -0.2) is 50.4 Å². The normalized spacial score (nSPS) is 12.6. The number of carbonyl (C=O) groups is 1. The molecule has 0 aliphatic carbocycles. The fourth-order valence-corrected chi connectivity index (χ4v) is 1.14. The topological polar surface area (TPSA) is 100 Å². The lowest BCUT2D eigenvalue weighted by molar-refractivity contribution is 0.0690. The molecule has 1 heterocycles. The predicted molar refractivity (Wildman–Crippen MR) is 56.1 cm³/mol. The Balaban J connectivity index is 2.19. The lowest BCUT2D eigenvalue weighted by atomic mass is 10.3. The van der Waals surface area contributed by atoms with Crippen LogP contribution in [0.1, 0.15) is 23.8 Å². The molecular weight excluding hydrogens is 212 g/mol. The average Bonchev–Trinajstić information content (AvgIpc) is 2.65. The van der Waals surface area contributed by atoms with Gasteiger partial charge < -0.3 is 15.5 Å². The number of rotatable bonds is 7. The first-order valence-corrected chi connectivity index (χ1v) is 5.12. The highest BCUT2D eigenvalue weighted by Gasteiger charge is 2.07. The Hall–Kier alpha value is -1.47. The van der Waals surface area contributed by atoms with Gasteiger partial charge in [0.2, 0.25) is 0 Å². The van der Waals surface area contributed by atoms with Crippen molar-refractivity contribution in [3.8, 4) is 0 Å². The van der Waals surface area contributed by atoms with Gasteiger partial charge in [-0.1, -0.05) is 5.21 Å². The SMILES string of the molecule is CC(O)CCNCCn1cc(C(=O)O)nn1. The maximum Gasteiger partial charge on any atom is 0.358 e. The molecule has 0 spiro atoms. The molecule has 0 fully saturated rings. The first-order chi connectivity index (χ1) is 7.59. The Labute approximate surface area is 93.1 Å². The molecule has 7 nitrogen and oxygen atoms in total. The summed E-state index contributed by atoms with van der Waals surface area (Å²) in [6, 6.07) is 0. The van der Waals surface area contributed by atoms with Crippen molar-refractivity contribution < 1.29 is 15.0 Å². The molecule has 0 aliphatic heterocycles. The molecule has 1 atom stereocenters. The van der Waals surface area contributed by atoms with Gasteiger partial charge >= 0.3 is 5.97 Å². The Morgan fingerprint density at radius 2 is 2.38 bits per heavy atom. The van der Waals surface area contributed by atoms with Crippen LogP contribution >= 0.6 is 0 Å². The zero-order valence-electron chi connectivity index (χ0n) is 9.13. The number of nitrogens with one attached hydrogen (secondary N) is 1. The molecule has 16 heavy (non-hydrogen) atoms. The van der Waals surface area contributed by atoms with Gasteiger partial charge in [0.15, 0.2) is 5.69 Å². The second-order valence-corrected chi connectivity index (χ2v) is 3.56. The highest BCUT2D eigenvalue weighted by Crippen LogP contribution is 1.92. The van der Waals surface area contributed by atoms with Crippen molar-refractivity contribution in [2.75, 3.05) is 13.1 Å². The zero-order valence-corrected chi connectivity index (χ0v) is 9.13. The first kappa shape index (κ1) is 12.6. The van der Waals surface area contributed by atoms with Crippen molar-refractivity contribution in [3.05, 3.63) is 11.9 Å². The summed E-state index contributed by atoms with van der Waals surface area (Å²) in [5.41, 5.74) is -0.0519. The lowest BCUT2D eigenvalue weighted by Crippen LogP contribution is -2.23. The molecule has 1 aromatic heterocycles. The number of aromatic nitrogens is 3. The van der Waals surface area contributed by atoms with E-state index in [1.54, 1.807) is 6.92 Å². The van der Waals surface area contributed by atoms with Crippen molar-refractivity contribution in [3.63, 3.8) is 0 Å². The maximum atomic E-state index is 10.5. The van der Waals surface area contributed by atoms with E-state index in [0.717, 1.165) is 6.54 Å². The van der Waals surface area contributed by atoms with Crippen LogP contribution in [0.15, 0.2) is 6.20 Å². The lowest BCUT2D eigenvalue weighted by Gasteiger charge is -2.05. The third kappa shape index (κ3) is 4.37. The molecular formula is C9H16N4O3. The number of carboxylic acid groups (broad SMARTS) is 1.